The third-order valence-corrected chi connectivity index (χ3v) is 2.03. The van der Waals surface area contributed by atoms with Crippen molar-refractivity contribution < 1.29 is 5.11 Å². The van der Waals surface area contributed by atoms with Crippen molar-refractivity contribution in [3.05, 3.63) is 41.9 Å². The monoisotopic (exact) mass is 201 g/mol. The predicted molar refractivity (Wildman–Crippen MR) is 55.9 cm³/mol. The molecule has 1 N–H and O–H groups in total. The van der Waals surface area contributed by atoms with Gasteiger partial charge in [-0.1, -0.05) is 0 Å². The molecule has 0 atom stereocenters. The van der Waals surface area contributed by atoms with E-state index in [4.69, 9.17) is 5.11 Å². The molecular weight excluding hydrogens is 190 g/mol. The summed E-state index contributed by atoms with van der Waals surface area (Å²) in [5.74, 6) is 0.580. The van der Waals surface area contributed by atoms with Gasteiger partial charge in [0.15, 0.2) is 5.82 Å². The highest BCUT2D eigenvalue weighted by Crippen LogP contribution is 2.12. The van der Waals surface area contributed by atoms with E-state index in [2.05, 4.69) is 15.0 Å². The number of aliphatic hydroxyl groups is 1. The highest BCUT2D eigenvalue weighted by molar-refractivity contribution is 5.49. The van der Waals surface area contributed by atoms with Crippen LogP contribution < -0.4 is 0 Å². The zero-order valence-electron chi connectivity index (χ0n) is 8.38. The van der Waals surface area contributed by atoms with E-state index in [1.54, 1.807) is 18.6 Å². The minimum Gasteiger partial charge on any atom is -0.392 e. The lowest BCUT2D eigenvalue weighted by Crippen LogP contribution is -1.94. The topological polar surface area (TPSA) is 58.9 Å². The molecule has 2 aromatic rings. The fourth-order valence-corrected chi connectivity index (χ4v) is 1.23. The molecule has 0 aliphatic rings. The Hall–Kier alpha value is -1.81. The average Bonchev–Trinajstić information content (AvgIpc) is 2.29. The van der Waals surface area contributed by atoms with Gasteiger partial charge in [0.25, 0.3) is 0 Å². The first-order valence-electron chi connectivity index (χ1n) is 4.64. The quantitative estimate of drug-likeness (QED) is 0.796. The van der Waals surface area contributed by atoms with Gasteiger partial charge in [-0.3, -0.25) is 4.98 Å². The van der Waals surface area contributed by atoms with E-state index in [1.165, 1.54) is 0 Å². The smallest absolute Gasteiger partial charge is 0.178 e. The number of hydrogen-bond acceptors (Lipinski definition) is 4. The molecular formula is C11H11N3O. The first-order valence-corrected chi connectivity index (χ1v) is 4.64. The van der Waals surface area contributed by atoms with Gasteiger partial charge >= 0.3 is 0 Å². The van der Waals surface area contributed by atoms with E-state index in [1.807, 2.05) is 19.1 Å². The van der Waals surface area contributed by atoms with E-state index < -0.39 is 0 Å². The van der Waals surface area contributed by atoms with Crippen molar-refractivity contribution in [1.29, 1.82) is 0 Å². The van der Waals surface area contributed by atoms with Gasteiger partial charge in [-0.25, -0.2) is 9.97 Å². The highest BCUT2D eigenvalue weighted by atomic mass is 16.3. The van der Waals surface area contributed by atoms with E-state index in [0.29, 0.717) is 11.4 Å². The van der Waals surface area contributed by atoms with Crippen LogP contribution in [0.4, 0.5) is 0 Å². The van der Waals surface area contributed by atoms with Crippen molar-refractivity contribution in [2.45, 2.75) is 13.5 Å². The average molecular weight is 201 g/mol. The number of pyridine rings is 1. The molecule has 0 unspecified atom stereocenters. The second-order valence-corrected chi connectivity index (χ2v) is 3.29. The summed E-state index contributed by atoms with van der Waals surface area (Å²) in [6.07, 6.45) is 4.94. The molecule has 2 heterocycles. The summed E-state index contributed by atoms with van der Waals surface area (Å²) in [6, 6.07) is 3.85. The van der Waals surface area contributed by atoms with Crippen LogP contribution in [0.25, 0.3) is 11.5 Å². The van der Waals surface area contributed by atoms with Gasteiger partial charge in [-0.05, 0) is 24.6 Å². The van der Waals surface area contributed by atoms with E-state index in [-0.39, 0.29) is 6.61 Å². The molecule has 0 saturated heterocycles. The molecule has 0 aromatic carbocycles. The van der Waals surface area contributed by atoms with Crippen molar-refractivity contribution in [2.75, 3.05) is 0 Å². The molecule has 15 heavy (non-hydrogen) atoms. The minimum absolute atomic E-state index is 0.0402. The maximum absolute atomic E-state index is 8.85. The molecule has 0 radical (unpaired) electrons. The van der Waals surface area contributed by atoms with Crippen LogP contribution >= 0.6 is 0 Å². The number of aryl methyl sites for hydroxylation is 1. The molecule has 76 valence electrons. The van der Waals surface area contributed by atoms with Gasteiger partial charge < -0.3 is 5.11 Å². The van der Waals surface area contributed by atoms with Crippen molar-refractivity contribution in [3.8, 4) is 11.5 Å². The summed E-state index contributed by atoms with van der Waals surface area (Å²) in [4.78, 5) is 12.4. The molecule has 0 bridgehead atoms. The Labute approximate surface area is 87.7 Å². The van der Waals surface area contributed by atoms with Crippen LogP contribution in [0.2, 0.25) is 0 Å². The molecule has 4 nitrogen and oxygen atoms in total. The Kier molecular flexibility index (Phi) is 2.69. The van der Waals surface area contributed by atoms with Gasteiger partial charge in [-0.15, -0.1) is 0 Å². The van der Waals surface area contributed by atoms with Crippen LogP contribution in [0.1, 0.15) is 11.1 Å². The van der Waals surface area contributed by atoms with E-state index in [9.17, 15) is 0 Å². The molecule has 0 saturated carbocycles. The molecule has 0 aliphatic carbocycles. The Morgan fingerprint density at radius 1 is 1.20 bits per heavy atom. The third kappa shape index (κ3) is 2.16. The van der Waals surface area contributed by atoms with Crippen LogP contribution in [-0.4, -0.2) is 20.1 Å². The van der Waals surface area contributed by atoms with Crippen LogP contribution in [0.15, 0.2) is 30.7 Å². The summed E-state index contributed by atoms with van der Waals surface area (Å²) >= 11 is 0. The second-order valence-electron chi connectivity index (χ2n) is 3.29. The Morgan fingerprint density at radius 3 is 2.53 bits per heavy atom. The van der Waals surface area contributed by atoms with Crippen molar-refractivity contribution >= 4 is 0 Å². The van der Waals surface area contributed by atoms with E-state index in [0.717, 1.165) is 11.3 Å². The highest BCUT2D eigenvalue weighted by Gasteiger charge is 2.02. The number of aliphatic hydroxyl groups excluding tert-OH is 1. The van der Waals surface area contributed by atoms with Crippen LogP contribution in [-0.2, 0) is 6.61 Å². The van der Waals surface area contributed by atoms with Gasteiger partial charge in [0.1, 0.15) is 5.69 Å². The van der Waals surface area contributed by atoms with Gasteiger partial charge in [0.05, 0.1) is 6.61 Å². The lowest BCUT2D eigenvalue weighted by Gasteiger charge is -2.00. The molecule has 2 aromatic heterocycles. The first-order chi connectivity index (χ1) is 7.29. The van der Waals surface area contributed by atoms with Gasteiger partial charge in [0, 0.05) is 24.2 Å². The fraction of sp³-hybridized carbons (Fsp3) is 0.182. The lowest BCUT2D eigenvalue weighted by atomic mass is 10.2. The minimum atomic E-state index is -0.0402. The van der Waals surface area contributed by atoms with Gasteiger partial charge in [0.2, 0.25) is 0 Å². The van der Waals surface area contributed by atoms with Crippen LogP contribution in [0, 0.1) is 6.92 Å². The SMILES string of the molecule is Cc1ccnc(-c2ncc(CO)cn2)c1. The maximum atomic E-state index is 8.85. The van der Waals surface area contributed by atoms with Crippen molar-refractivity contribution in [3.63, 3.8) is 0 Å². The maximum Gasteiger partial charge on any atom is 0.178 e. The molecule has 0 fully saturated rings. The summed E-state index contributed by atoms with van der Waals surface area (Å²) in [7, 11) is 0. The van der Waals surface area contributed by atoms with Gasteiger partial charge in [-0.2, -0.15) is 0 Å². The number of nitrogens with zero attached hydrogens (tertiary/aromatic N) is 3. The Bertz CT molecular complexity index is 454. The molecule has 0 spiro atoms. The number of rotatable bonds is 2. The standard InChI is InChI=1S/C11H11N3O/c1-8-2-3-12-10(4-8)11-13-5-9(7-15)6-14-11/h2-6,15H,7H2,1H3. The largest absolute Gasteiger partial charge is 0.392 e. The van der Waals surface area contributed by atoms with Crippen LogP contribution in [0.3, 0.4) is 0 Å². The summed E-state index contributed by atoms with van der Waals surface area (Å²) in [5, 5.41) is 8.85. The van der Waals surface area contributed by atoms with E-state index >= 15 is 0 Å². The molecule has 0 aliphatic heterocycles. The normalized spacial score (nSPS) is 10.3. The lowest BCUT2D eigenvalue weighted by molar-refractivity contribution is 0.281. The molecule has 4 heteroatoms. The molecule has 0 amide bonds. The number of aromatic nitrogens is 3. The second kappa shape index (κ2) is 4.14. The third-order valence-electron chi connectivity index (χ3n) is 2.03. The summed E-state index contributed by atoms with van der Waals surface area (Å²) < 4.78 is 0. The zero-order chi connectivity index (χ0) is 10.7. The van der Waals surface area contributed by atoms with Crippen molar-refractivity contribution in [1.82, 2.24) is 15.0 Å². The van der Waals surface area contributed by atoms with Crippen LogP contribution in [0.5, 0.6) is 0 Å². The molecule has 2 rings (SSSR count). The van der Waals surface area contributed by atoms with Crippen molar-refractivity contribution in [2.24, 2.45) is 0 Å². The Morgan fingerprint density at radius 2 is 1.93 bits per heavy atom. The predicted octanol–water partition coefficient (Wildman–Crippen LogP) is 1.34. The summed E-state index contributed by atoms with van der Waals surface area (Å²) in [6.45, 7) is 1.95. The first kappa shape index (κ1) is 9.73. The summed E-state index contributed by atoms with van der Waals surface area (Å²) in [5.41, 5.74) is 2.57. The fourth-order valence-electron chi connectivity index (χ4n) is 1.23. The Balaban J connectivity index is 2.37. The zero-order valence-corrected chi connectivity index (χ0v) is 8.38. The number of hydrogen-bond donors (Lipinski definition) is 1.